The zero-order chi connectivity index (χ0) is 20.9. The predicted octanol–water partition coefficient (Wildman–Crippen LogP) is 0.889. The number of ether oxygens (including phenoxy) is 1. The molecule has 8 heteroatoms. The Morgan fingerprint density at radius 2 is 2.20 bits per heavy atom. The minimum Gasteiger partial charge on any atom is -0.396 e. The summed E-state index contributed by atoms with van der Waals surface area (Å²) in [6, 6.07) is 7.60. The van der Waals surface area contributed by atoms with Crippen molar-refractivity contribution in [2.24, 2.45) is 11.8 Å². The number of carbonyl (C=O) groups excluding carboxylic acids is 2. The fraction of sp³-hybridized carbons (Fsp3) is 0.409. The van der Waals surface area contributed by atoms with E-state index in [1.165, 1.54) is 0 Å². The smallest absolute Gasteiger partial charge is 0.234 e. The second kappa shape index (κ2) is 7.07. The average Bonchev–Trinajstić information content (AvgIpc) is 3.51. The zero-order valence-corrected chi connectivity index (χ0v) is 16.7. The first-order valence-corrected chi connectivity index (χ1v) is 10.1. The number of nitrogens with one attached hydrogen (secondary N) is 1. The summed E-state index contributed by atoms with van der Waals surface area (Å²) in [4.78, 5) is 37.2. The number of H-pyrrole nitrogens is 1. The highest BCUT2D eigenvalue weighted by Gasteiger charge is 2.67. The van der Waals surface area contributed by atoms with Gasteiger partial charge in [0.05, 0.1) is 31.0 Å². The van der Waals surface area contributed by atoms with Crippen LogP contribution in [0.15, 0.2) is 48.8 Å². The molecule has 2 aromatic rings. The second-order valence-electron chi connectivity index (χ2n) is 8.19. The van der Waals surface area contributed by atoms with Crippen molar-refractivity contribution in [2.75, 3.05) is 25.1 Å². The van der Waals surface area contributed by atoms with Gasteiger partial charge in [0.1, 0.15) is 11.4 Å². The first kappa shape index (κ1) is 19.0. The van der Waals surface area contributed by atoms with Crippen molar-refractivity contribution in [3.63, 3.8) is 0 Å². The molecule has 0 aliphatic carbocycles. The minimum atomic E-state index is -0.753. The zero-order valence-electron chi connectivity index (χ0n) is 16.7. The largest absolute Gasteiger partial charge is 0.396 e. The van der Waals surface area contributed by atoms with E-state index in [9.17, 15) is 9.59 Å². The lowest BCUT2D eigenvalue weighted by Crippen LogP contribution is -2.44. The van der Waals surface area contributed by atoms with Gasteiger partial charge < -0.3 is 24.6 Å². The fourth-order valence-electron chi connectivity index (χ4n) is 4.91. The summed E-state index contributed by atoms with van der Waals surface area (Å²) in [5.74, 6) is -0.567. The summed E-state index contributed by atoms with van der Waals surface area (Å²) in [7, 11) is 1.73. The topological polar surface area (TPSA) is 98.8 Å². The van der Waals surface area contributed by atoms with Gasteiger partial charge in [-0.3, -0.25) is 9.59 Å². The van der Waals surface area contributed by atoms with Crippen LogP contribution in [0.1, 0.15) is 11.4 Å². The van der Waals surface area contributed by atoms with Gasteiger partial charge in [-0.15, -0.1) is 0 Å². The Hall–Kier alpha value is -2.97. The number of anilines is 1. The highest BCUT2D eigenvalue weighted by atomic mass is 16.5. The number of aromatic amines is 1. The number of aromatic nitrogens is 2. The molecule has 1 aromatic heterocycles. The number of nitrogens with zero attached hydrogens (tertiary/aromatic N) is 3. The third kappa shape index (κ3) is 2.86. The van der Waals surface area contributed by atoms with Crippen LogP contribution in [0.4, 0.5) is 5.69 Å². The molecule has 4 heterocycles. The third-order valence-corrected chi connectivity index (χ3v) is 6.35. The molecule has 2 unspecified atom stereocenters. The van der Waals surface area contributed by atoms with Crippen molar-refractivity contribution in [3.05, 3.63) is 60.2 Å². The molecule has 2 saturated heterocycles. The van der Waals surface area contributed by atoms with Gasteiger partial charge in [-0.1, -0.05) is 24.3 Å². The first-order chi connectivity index (χ1) is 14.5. The lowest BCUT2D eigenvalue weighted by atomic mass is 9.76. The molecule has 2 fully saturated rings. The van der Waals surface area contributed by atoms with Crippen LogP contribution in [0.25, 0.3) is 0 Å². The summed E-state index contributed by atoms with van der Waals surface area (Å²) < 4.78 is 6.21. The van der Waals surface area contributed by atoms with Crippen molar-refractivity contribution in [1.29, 1.82) is 0 Å². The monoisotopic (exact) mass is 408 g/mol. The number of fused-ring (bicyclic) bond motifs is 1. The molecular formula is C22H24N4O4. The summed E-state index contributed by atoms with van der Waals surface area (Å²) in [6.07, 6.45) is 7.44. The molecule has 8 nitrogen and oxygen atoms in total. The number of aliphatic hydroxyl groups excluding tert-OH is 1. The summed E-state index contributed by atoms with van der Waals surface area (Å²) in [5.41, 5.74) is 1.04. The van der Waals surface area contributed by atoms with Crippen molar-refractivity contribution >= 4 is 17.5 Å². The van der Waals surface area contributed by atoms with Gasteiger partial charge in [-0.05, 0) is 24.1 Å². The maximum Gasteiger partial charge on any atom is 0.234 e. The summed E-state index contributed by atoms with van der Waals surface area (Å²) in [5, 5.41) is 9.10. The van der Waals surface area contributed by atoms with Crippen LogP contribution in [-0.2, 0) is 27.3 Å². The first-order valence-electron chi connectivity index (χ1n) is 10.1. The molecule has 1 spiro atoms. The molecule has 3 aliphatic rings. The van der Waals surface area contributed by atoms with Crippen LogP contribution in [0.3, 0.4) is 0 Å². The number of rotatable bonds is 6. The van der Waals surface area contributed by atoms with E-state index in [2.05, 4.69) is 9.97 Å². The van der Waals surface area contributed by atoms with Gasteiger partial charge >= 0.3 is 0 Å². The standard InChI is InChI=1S/C22H24N4O4/c1-25(12-17-23-9-10-24-17)20(28)18-16-6-8-22(30-16)13-26(21(29)19(18)22)15-4-2-14(3-5-15)7-11-27/h2-6,8-10,16,18-19,27H,7,11-13H2,1H3,(H,23,24)/t16-,18?,19?,22-/m0/s1. The van der Waals surface area contributed by atoms with E-state index < -0.39 is 17.4 Å². The van der Waals surface area contributed by atoms with Crippen LogP contribution in [0.5, 0.6) is 0 Å². The molecule has 30 heavy (non-hydrogen) atoms. The number of hydrogen-bond acceptors (Lipinski definition) is 5. The van der Waals surface area contributed by atoms with Gasteiger partial charge in [-0.25, -0.2) is 4.98 Å². The molecule has 2 bridgehead atoms. The minimum absolute atomic E-state index is 0.0819. The highest BCUT2D eigenvalue weighted by molar-refractivity contribution is 6.03. The Morgan fingerprint density at radius 3 is 2.90 bits per heavy atom. The number of hydrogen-bond donors (Lipinski definition) is 2. The number of amides is 2. The second-order valence-corrected chi connectivity index (χ2v) is 8.19. The van der Waals surface area contributed by atoms with Crippen molar-refractivity contribution in [1.82, 2.24) is 14.9 Å². The third-order valence-electron chi connectivity index (χ3n) is 6.35. The fourth-order valence-corrected chi connectivity index (χ4v) is 4.91. The Morgan fingerprint density at radius 1 is 1.40 bits per heavy atom. The van der Waals surface area contributed by atoms with Gasteiger partial charge in [0.25, 0.3) is 0 Å². The number of aliphatic hydroxyl groups is 1. The molecule has 0 saturated carbocycles. The van der Waals surface area contributed by atoms with E-state index in [1.54, 1.807) is 29.2 Å². The van der Waals surface area contributed by atoms with Crippen LogP contribution in [-0.4, -0.2) is 63.7 Å². The molecule has 5 rings (SSSR count). The van der Waals surface area contributed by atoms with Crippen LogP contribution >= 0.6 is 0 Å². The Bertz CT molecular complexity index is 987. The molecule has 2 N–H and O–H groups in total. The Labute approximate surface area is 174 Å². The molecule has 4 atom stereocenters. The van der Waals surface area contributed by atoms with E-state index >= 15 is 0 Å². The summed E-state index contributed by atoms with van der Waals surface area (Å²) >= 11 is 0. The molecule has 2 amide bonds. The van der Waals surface area contributed by atoms with Crippen LogP contribution in [0.2, 0.25) is 0 Å². The lowest BCUT2D eigenvalue weighted by Gasteiger charge is -2.27. The van der Waals surface area contributed by atoms with Gasteiger partial charge in [-0.2, -0.15) is 0 Å². The number of carbonyl (C=O) groups is 2. The number of imidazole rings is 1. The molecule has 1 aromatic carbocycles. The van der Waals surface area contributed by atoms with E-state index in [1.807, 2.05) is 36.4 Å². The Kier molecular flexibility index (Phi) is 4.48. The highest BCUT2D eigenvalue weighted by Crippen LogP contribution is 2.53. The normalized spacial score (nSPS) is 28.9. The van der Waals surface area contributed by atoms with E-state index in [-0.39, 0.29) is 24.5 Å². The maximum atomic E-state index is 13.4. The van der Waals surface area contributed by atoms with Gasteiger partial charge in [0.2, 0.25) is 11.8 Å². The Balaban J connectivity index is 1.39. The van der Waals surface area contributed by atoms with Crippen molar-refractivity contribution in [3.8, 4) is 0 Å². The summed E-state index contributed by atoms with van der Waals surface area (Å²) in [6.45, 7) is 0.833. The average molecular weight is 408 g/mol. The van der Waals surface area contributed by atoms with E-state index in [0.717, 1.165) is 11.3 Å². The molecular weight excluding hydrogens is 384 g/mol. The molecule has 0 radical (unpaired) electrons. The quantitative estimate of drug-likeness (QED) is 0.692. The number of benzene rings is 1. The maximum absolute atomic E-state index is 13.4. The molecule has 3 aliphatic heterocycles. The van der Waals surface area contributed by atoms with E-state index in [0.29, 0.717) is 25.3 Å². The molecule has 156 valence electrons. The predicted molar refractivity (Wildman–Crippen MR) is 108 cm³/mol. The van der Waals surface area contributed by atoms with E-state index in [4.69, 9.17) is 9.84 Å². The van der Waals surface area contributed by atoms with Gasteiger partial charge in [0, 0.05) is 31.7 Å². The van der Waals surface area contributed by atoms with Crippen molar-refractivity contribution in [2.45, 2.75) is 24.7 Å². The lowest BCUT2D eigenvalue weighted by molar-refractivity contribution is -0.139. The SMILES string of the molecule is CN(Cc1ncc[nH]1)C(=O)C1C2C(=O)N(c3ccc(CCO)cc3)C[C@@]23C=C[C@@H]1O3. The van der Waals surface area contributed by atoms with Crippen molar-refractivity contribution < 1.29 is 19.4 Å². The van der Waals surface area contributed by atoms with Gasteiger partial charge in [0.15, 0.2) is 0 Å². The van der Waals surface area contributed by atoms with Crippen LogP contribution < -0.4 is 4.90 Å². The van der Waals surface area contributed by atoms with Crippen LogP contribution in [0, 0.1) is 11.8 Å².